The number of carbonyl (C=O) groups excluding carboxylic acids is 1. The Labute approximate surface area is 184 Å². The molecule has 0 radical (unpaired) electrons. The molecule has 1 fully saturated rings. The van der Waals surface area contributed by atoms with Crippen molar-refractivity contribution >= 4 is 17.4 Å². The Morgan fingerprint density at radius 2 is 1.66 bits per heavy atom. The summed E-state index contributed by atoms with van der Waals surface area (Å²) in [5, 5.41) is 8.95. The molecule has 0 saturated carbocycles. The van der Waals surface area contributed by atoms with Gasteiger partial charge in [-0.15, -0.1) is 0 Å². The molecule has 1 saturated heterocycles. The van der Waals surface area contributed by atoms with Crippen LogP contribution in [0.3, 0.4) is 0 Å². The molecule has 0 bridgehead atoms. The molecule has 0 unspecified atom stereocenters. The maximum Gasteiger partial charge on any atom is 0.357 e. The van der Waals surface area contributed by atoms with Gasteiger partial charge in [0.15, 0.2) is 5.69 Å². The van der Waals surface area contributed by atoms with Gasteiger partial charge in [-0.3, -0.25) is 9.69 Å². The van der Waals surface area contributed by atoms with Crippen molar-refractivity contribution in [1.29, 1.82) is 0 Å². The predicted octanol–water partition coefficient (Wildman–Crippen LogP) is 3.29. The third-order valence-electron chi connectivity index (χ3n) is 5.32. The molecular weight excluding hydrogens is 413 g/mol. The minimum absolute atomic E-state index is 0.114. The average molecular weight is 435 g/mol. The van der Waals surface area contributed by atoms with Crippen LogP contribution >= 0.6 is 0 Å². The first-order valence-corrected chi connectivity index (χ1v) is 10.2. The van der Waals surface area contributed by atoms with Crippen molar-refractivity contribution in [2.24, 2.45) is 0 Å². The Morgan fingerprint density at radius 1 is 1.00 bits per heavy atom. The number of amides is 1. The van der Waals surface area contributed by atoms with Gasteiger partial charge in [0.25, 0.3) is 0 Å². The van der Waals surface area contributed by atoms with E-state index < -0.39 is 5.97 Å². The molecule has 1 amide bonds. The minimum Gasteiger partial charge on any atom is -0.476 e. The summed E-state index contributed by atoms with van der Waals surface area (Å²) >= 11 is 0. The Bertz CT molecular complexity index is 1120. The average Bonchev–Trinajstić information content (AvgIpc) is 3.28. The fraction of sp³-hybridized carbons (Fsp3) is 0.208. The molecule has 1 N–H and O–H groups in total. The standard InChI is InChI=1S/C24H22FN3O4/c25-19-8-6-18(7-9-19)20(17-4-2-1-3-5-17)14-23(29)28-12-10-27(11-13-28)15-22-26-21(16-32-22)24(30)31/h1-9,14,16H,10-13,15H2,(H,30,31). The number of piperazine rings is 1. The first-order chi connectivity index (χ1) is 15.5. The Balaban J connectivity index is 1.44. The normalized spacial score (nSPS) is 15.0. The van der Waals surface area contributed by atoms with E-state index in [9.17, 15) is 14.0 Å². The van der Waals surface area contributed by atoms with Crippen LogP contribution in [-0.4, -0.2) is 57.9 Å². The molecule has 32 heavy (non-hydrogen) atoms. The van der Waals surface area contributed by atoms with E-state index in [2.05, 4.69) is 9.88 Å². The van der Waals surface area contributed by atoms with Crippen LogP contribution in [0, 0.1) is 5.82 Å². The molecule has 0 aliphatic carbocycles. The molecule has 7 nitrogen and oxygen atoms in total. The maximum absolute atomic E-state index is 13.4. The number of carboxylic acid groups (broad SMARTS) is 1. The molecule has 1 aromatic heterocycles. The van der Waals surface area contributed by atoms with Crippen LogP contribution in [0.1, 0.15) is 27.5 Å². The second-order valence-corrected chi connectivity index (χ2v) is 7.46. The van der Waals surface area contributed by atoms with Gasteiger partial charge >= 0.3 is 5.97 Å². The first-order valence-electron chi connectivity index (χ1n) is 10.2. The van der Waals surface area contributed by atoms with Crippen molar-refractivity contribution in [3.8, 4) is 0 Å². The molecule has 1 aliphatic heterocycles. The van der Waals surface area contributed by atoms with Gasteiger partial charge in [0, 0.05) is 32.3 Å². The van der Waals surface area contributed by atoms with E-state index in [1.165, 1.54) is 12.1 Å². The molecule has 0 atom stereocenters. The predicted molar refractivity (Wildman–Crippen MR) is 115 cm³/mol. The zero-order valence-electron chi connectivity index (χ0n) is 17.3. The van der Waals surface area contributed by atoms with Crippen molar-refractivity contribution in [1.82, 2.24) is 14.8 Å². The van der Waals surface area contributed by atoms with E-state index in [4.69, 9.17) is 9.52 Å². The molecule has 8 heteroatoms. The van der Waals surface area contributed by atoms with Crippen LogP contribution in [0.4, 0.5) is 4.39 Å². The number of hydrogen-bond acceptors (Lipinski definition) is 5. The summed E-state index contributed by atoms with van der Waals surface area (Å²) in [6.45, 7) is 2.65. The number of benzene rings is 2. The number of rotatable bonds is 6. The molecule has 2 heterocycles. The third kappa shape index (κ3) is 5.09. The number of nitrogens with zero attached hydrogens (tertiary/aromatic N) is 3. The third-order valence-corrected chi connectivity index (χ3v) is 5.32. The second kappa shape index (κ2) is 9.57. The number of carbonyl (C=O) groups is 2. The quantitative estimate of drug-likeness (QED) is 0.598. The smallest absolute Gasteiger partial charge is 0.357 e. The van der Waals surface area contributed by atoms with Gasteiger partial charge in [0.2, 0.25) is 11.8 Å². The van der Waals surface area contributed by atoms with Crippen molar-refractivity contribution in [2.45, 2.75) is 6.54 Å². The first kappa shape index (κ1) is 21.5. The van der Waals surface area contributed by atoms with Gasteiger partial charge in [-0.05, 0) is 28.8 Å². The summed E-state index contributed by atoms with van der Waals surface area (Å²) < 4.78 is 18.6. The van der Waals surface area contributed by atoms with Crippen LogP contribution in [0.2, 0.25) is 0 Å². The van der Waals surface area contributed by atoms with Crippen LogP contribution in [0.5, 0.6) is 0 Å². The highest BCUT2D eigenvalue weighted by Crippen LogP contribution is 2.24. The van der Waals surface area contributed by atoms with E-state index in [-0.39, 0.29) is 17.4 Å². The van der Waals surface area contributed by atoms with E-state index in [0.717, 1.165) is 23.0 Å². The summed E-state index contributed by atoms with van der Waals surface area (Å²) in [7, 11) is 0. The lowest BCUT2D eigenvalue weighted by Crippen LogP contribution is -2.47. The van der Waals surface area contributed by atoms with Crippen LogP contribution in [-0.2, 0) is 11.3 Å². The molecule has 3 aromatic rings. The van der Waals surface area contributed by atoms with Gasteiger partial charge in [-0.2, -0.15) is 0 Å². The zero-order valence-corrected chi connectivity index (χ0v) is 17.3. The molecule has 2 aromatic carbocycles. The van der Waals surface area contributed by atoms with E-state index in [1.807, 2.05) is 30.3 Å². The lowest BCUT2D eigenvalue weighted by atomic mass is 9.97. The van der Waals surface area contributed by atoms with Crippen molar-refractivity contribution in [3.63, 3.8) is 0 Å². The summed E-state index contributed by atoms with van der Waals surface area (Å²) in [5.41, 5.74) is 2.26. The van der Waals surface area contributed by atoms with Gasteiger partial charge in [-0.25, -0.2) is 14.2 Å². The lowest BCUT2D eigenvalue weighted by molar-refractivity contribution is -0.127. The monoisotopic (exact) mass is 435 g/mol. The van der Waals surface area contributed by atoms with Gasteiger partial charge in [0.1, 0.15) is 12.1 Å². The Kier molecular flexibility index (Phi) is 6.42. The van der Waals surface area contributed by atoms with Crippen LogP contribution < -0.4 is 0 Å². The number of oxazole rings is 1. The number of hydrogen-bond donors (Lipinski definition) is 1. The SMILES string of the molecule is O=C(O)c1coc(CN2CCN(C(=O)C=C(c3ccccc3)c3ccc(F)cc3)CC2)n1. The number of aromatic nitrogens is 1. The highest BCUT2D eigenvalue weighted by molar-refractivity contribution is 5.99. The van der Waals surface area contributed by atoms with Gasteiger partial charge < -0.3 is 14.4 Å². The second-order valence-electron chi connectivity index (χ2n) is 7.46. The highest BCUT2D eigenvalue weighted by Gasteiger charge is 2.22. The van der Waals surface area contributed by atoms with E-state index >= 15 is 0 Å². The molecule has 0 spiro atoms. The lowest BCUT2D eigenvalue weighted by Gasteiger charge is -2.33. The minimum atomic E-state index is -1.13. The highest BCUT2D eigenvalue weighted by atomic mass is 19.1. The summed E-state index contributed by atoms with van der Waals surface area (Å²) in [4.78, 5) is 31.7. The van der Waals surface area contributed by atoms with Crippen molar-refractivity contribution < 1.29 is 23.5 Å². The summed E-state index contributed by atoms with van der Waals surface area (Å²) in [5.74, 6) is -1.23. The molecular formula is C24H22FN3O4. The zero-order chi connectivity index (χ0) is 22.5. The van der Waals surface area contributed by atoms with Crippen molar-refractivity contribution in [2.75, 3.05) is 26.2 Å². The number of halogens is 1. The van der Waals surface area contributed by atoms with Crippen molar-refractivity contribution in [3.05, 3.63) is 95.5 Å². The fourth-order valence-electron chi connectivity index (χ4n) is 3.59. The Hall–Kier alpha value is -3.78. The van der Waals surface area contributed by atoms with E-state index in [0.29, 0.717) is 38.6 Å². The topological polar surface area (TPSA) is 86.9 Å². The Morgan fingerprint density at radius 3 is 2.28 bits per heavy atom. The van der Waals surface area contributed by atoms with E-state index in [1.54, 1.807) is 23.1 Å². The molecule has 1 aliphatic rings. The summed E-state index contributed by atoms with van der Waals surface area (Å²) in [6.07, 6.45) is 2.73. The summed E-state index contributed by atoms with van der Waals surface area (Å²) in [6, 6.07) is 15.6. The number of carboxylic acids is 1. The van der Waals surface area contributed by atoms with Crippen LogP contribution in [0.15, 0.2) is 71.4 Å². The largest absolute Gasteiger partial charge is 0.476 e. The fourth-order valence-corrected chi connectivity index (χ4v) is 3.59. The molecule has 164 valence electrons. The molecule has 4 rings (SSSR count). The van der Waals surface area contributed by atoms with Crippen LogP contribution in [0.25, 0.3) is 5.57 Å². The van der Waals surface area contributed by atoms with Gasteiger partial charge in [0.05, 0.1) is 6.54 Å². The number of aromatic carboxylic acids is 1. The van der Waals surface area contributed by atoms with Gasteiger partial charge in [-0.1, -0.05) is 42.5 Å². The maximum atomic E-state index is 13.4.